The van der Waals surface area contributed by atoms with Crippen molar-refractivity contribution < 1.29 is 10.0 Å². The van der Waals surface area contributed by atoms with Crippen LogP contribution in [-0.4, -0.2) is 61.2 Å². The fourth-order valence-electron chi connectivity index (χ4n) is 4.37. The molecule has 1 N–H and O–H groups in total. The molecule has 1 atom stereocenters. The number of aliphatic hydroxyl groups is 1. The zero-order valence-corrected chi connectivity index (χ0v) is 17.9. The second-order valence-electron chi connectivity index (χ2n) is 8.53. The summed E-state index contributed by atoms with van der Waals surface area (Å²) in [7, 11) is 0. The Bertz CT molecular complexity index is 925. The number of piperidine rings is 1. The van der Waals surface area contributed by atoms with E-state index in [4.69, 9.17) is 16.6 Å². The van der Waals surface area contributed by atoms with E-state index in [1.807, 2.05) is 0 Å². The van der Waals surface area contributed by atoms with E-state index in [-0.39, 0.29) is 17.6 Å². The Hall–Kier alpha value is -2.23. The summed E-state index contributed by atoms with van der Waals surface area (Å²) >= 11 is 5.99. The van der Waals surface area contributed by atoms with Crippen molar-refractivity contribution in [2.24, 2.45) is 0 Å². The van der Waals surface area contributed by atoms with E-state index < -0.39 is 10.5 Å². The van der Waals surface area contributed by atoms with Crippen LogP contribution in [0.3, 0.4) is 0 Å². The van der Waals surface area contributed by atoms with Crippen molar-refractivity contribution in [2.45, 2.75) is 51.3 Å². The van der Waals surface area contributed by atoms with Crippen LogP contribution in [0, 0.1) is 10.1 Å². The van der Waals surface area contributed by atoms with Gasteiger partial charge in [-0.15, -0.1) is 0 Å². The molecule has 2 aromatic rings. The summed E-state index contributed by atoms with van der Waals surface area (Å²) in [6, 6.07) is 4.26. The molecule has 0 aliphatic carbocycles. The van der Waals surface area contributed by atoms with E-state index in [1.165, 1.54) is 35.6 Å². The molecule has 0 saturated carbocycles. The molecule has 0 aromatic carbocycles. The Kier molecular flexibility index (Phi) is 5.95. The van der Waals surface area contributed by atoms with Gasteiger partial charge in [0.1, 0.15) is 12.0 Å². The molecule has 0 radical (unpaired) electrons. The molecular weight excluding hydrogens is 408 g/mol. The lowest BCUT2D eigenvalue weighted by Crippen LogP contribution is -2.45. The number of rotatable bonds is 6. The molecule has 10 heteroatoms. The first-order valence-corrected chi connectivity index (χ1v) is 10.7. The molecule has 30 heavy (non-hydrogen) atoms. The van der Waals surface area contributed by atoms with Crippen LogP contribution in [0.1, 0.15) is 37.4 Å². The Morgan fingerprint density at radius 3 is 2.67 bits per heavy atom. The van der Waals surface area contributed by atoms with E-state index >= 15 is 0 Å². The molecular formula is C20H27ClN6O3. The van der Waals surface area contributed by atoms with Crippen LogP contribution in [-0.2, 0) is 19.5 Å². The number of nitro groups is 1. The van der Waals surface area contributed by atoms with Gasteiger partial charge in [-0.3, -0.25) is 9.47 Å². The predicted molar refractivity (Wildman–Crippen MR) is 114 cm³/mol. The summed E-state index contributed by atoms with van der Waals surface area (Å²) in [5.41, 5.74) is 1.22. The third-order valence-corrected chi connectivity index (χ3v) is 6.07. The maximum Gasteiger partial charge on any atom is 0.383 e. The minimum absolute atomic E-state index is 0.000377. The van der Waals surface area contributed by atoms with Gasteiger partial charge in [-0.05, 0) is 59.3 Å². The van der Waals surface area contributed by atoms with Gasteiger partial charge in [0.05, 0.1) is 12.1 Å². The number of halogens is 1. The maximum atomic E-state index is 10.9. The van der Waals surface area contributed by atoms with Crippen LogP contribution in [0.25, 0.3) is 0 Å². The van der Waals surface area contributed by atoms with Crippen molar-refractivity contribution >= 4 is 23.2 Å². The first-order valence-electron chi connectivity index (χ1n) is 10.4. The molecule has 2 aliphatic heterocycles. The van der Waals surface area contributed by atoms with Gasteiger partial charge in [0, 0.05) is 44.8 Å². The van der Waals surface area contributed by atoms with E-state index in [9.17, 15) is 15.2 Å². The fraction of sp³-hybridized carbons (Fsp3) is 0.600. The Labute approximate surface area is 180 Å². The maximum absolute atomic E-state index is 10.9. The number of hydrogen-bond donors (Lipinski definition) is 1. The lowest BCUT2D eigenvalue weighted by molar-refractivity contribution is -0.389. The lowest BCUT2D eigenvalue weighted by atomic mass is 10.0. The van der Waals surface area contributed by atoms with Crippen LogP contribution < -0.4 is 4.90 Å². The Morgan fingerprint density at radius 1 is 1.20 bits per heavy atom. The van der Waals surface area contributed by atoms with Gasteiger partial charge in [-0.2, -0.15) is 0 Å². The van der Waals surface area contributed by atoms with Crippen molar-refractivity contribution in [3.8, 4) is 0 Å². The van der Waals surface area contributed by atoms with Gasteiger partial charge in [0.25, 0.3) is 0 Å². The van der Waals surface area contributed by atoms with E-state index in [0.717, 1.165) is 44.1 Å². The quantitative estimate of drug-likeness (QED) is 0.550. The zero-order valence-electron chi connectivity index (χ0n) is 17.1. The van der Waals surface area contributed by atoms with Gasteiger partial charge < -0.3 is 20.1 Å². The summed E-state index contributed by atoms with van der Waals surface area (Å²) < 4.78 is 1.42. The smallest absolute Gasteiger partial charge is 0.383 e. The van der Waals surface area contributed by atoms with Crippen molar-refractivity contribution in [3.63, 3.8) is 0 Å². The molecule has 4 heterocycles. The van der Waals surface area contributed by atoms with Crippen LogP contribution in [0.2, 0.25) is 5.28 Å². The minimum Gasteiger partial charge on any atom is -0.387 e. The van der Waals surface area contributed by atoms with Crippen LogP contribution >= 0.6 is 11.6 Å². The van der Waals surface area contributed by atoms with Crippen LogP contribution in [0.4, 0.5) is 11.6 Å². The summed E-state index contributed by atoms with van der Waals surface area (Å²) in [5.74, 6) is 0.753. The highest BCUT2D eigenvalue weighted by molar-refractivity contribution is 6.28. The summed E-state index contributed by atoms with van der Waals surface area (Å²) in [6.07, 6.45) is 5.85. The molecule has 162 valence electrons. The molecule has 2 aliphatic rings. The van der Waals surface area contributed by atoms with Gasteiger partial charge in [-0.1, -0.05) is 6.07 Å². The van der Waals surface area contributed by atoms with Gasteiger partial charge in [0.15, 0.2) is 0 Å². The second-order valence-corrected chi connectivity index (χ2v) is 8.87. The normalized spacial score (nSPS) is 19.4. The van der Waals surface area contributed by atoms with Crippen molar-refractivity contribution in [1.29, 1.82) is 0 Å². The molecule has 1 saturated heterocycles. The predicted octanol–water partition coefficient (Wildman–Crippen LogP) is 2.64. The Balaban J connectivity index is 1.40. The topological polar surface area (TPSA) is 101 Å². The van der Waals surface area contributed by atoms with Gasteiger partial charge in [0.2, 0.25) is 0 Å². The summed E-state index contributed by atoms with van der Waals surface area (Å²) in [4.78, 5) is 23.5. The summed E-state index contributed by atoms with van der Waals surface area (Å²) in [6.45, 7) is 5.94. The number of imidazole rings is 1. The number of pyridine rings is 1. The largest absolute Gasteiger partial charge is 0.387 e. The van der Waals surface area contributed by atoms with E-state index in [0.29, 0.717) is 6.54 Å². The average Bonchev–Trinajstić information content (AvgIpc) is 3.08. The van der Waals surface area contributed by atoms with Gasteiger partial charge >= 0.3 is 11.1 Å². The van der Waals surface area contributed by atoms with Crippen LogP contribution in [0.5, 0.6) is 0 Å². The standard InChI is InChI=1S/C20H27ClN6O3/c1-20(28,14-26-12-18(27(29)30)23-19(26)21)13-24-10-7-16-15(11-24)5-6-17(22-16)25-8-3-2-4-9-25/h5-6,12,28H,2-4,7-11,13-14H2,1H3/t20-/m0/s1. The lowest BCUT2D eigenvalue weighted by Gasteiger charge is -2.35. The highest BCUT2D eigenvalue weighted by Crippen LogP contribution is 2.25. The third-order valence-electron chi connectivity index (χ3n) is 5.77. The van der Waals surface area contributed by atoms with Crippen molar-refractivity contribution in [1.82, 2.24) is 19.4 Å². The highest BCUT2D eigenvalue weighted by atomic mass is 35.5. The number of anilines is 1. The van der Waals surface area contributed by atoms with Crippen molar-refractivity contribution in [3.05, 3.63) is 45.0 Å². The number of nitrogens with zero attached hydrogens (tertiary/aromatic N) is 6. The second kappa shape index (κ2) is 8.49. The number of hydrogen-bond acceptors (Lipinski definition) is 7. The van der Waals surface area contributed by atoms with E-state index in [1.54, 1.807) is 6.92 Å². The number of fused-ring (bicyclic) bond motifs is 1. The molecule has 0 amide bonds. The molecule has 9 nitrogen and oxygen atoms in total. The molecule has 0 spiro atoms. The third kappa shape index (κ3) is 4.74. The summed E-state index contributed by atoms with van der Waals surface area (Å²) in [5, 5.41) is 21.8. The molecule has 2 aromatic heterocycles. The van der Waals surface area contributed by atoms with Crippen LogP contribution in [0.15, 0.2) is 18.3 Å². The molecule has 1 fully saturated rings. The van der Waals surface area contributed by atoms with Crippen molar-refractivity contribution in [2.75, 3.05) is 31.1 Å². The fourth-order valence-corrected chi connectivity index (χ4v) is 4.57. The minimum atomic E-state index is -1.11. The van der Waals surface area contributed by atoms with E-state index in [2.05, 4.69) is 26.9 Å². The number of aromatic nitrogens is 3. The molecule has 4 rings (SSSR count). The monoisotopic (exact) mass is 434 g/mol. The average molecular weight is 435 g/mol. The first-order chi connectivity index (χ1) is 14.3. The molecule has 0 bridgehead atoms. The first kappa shape index (κ1) is 21.0. The highest BCUT2D eigenvalue weighted by Gasteiger charge is 2.30. The van der Waals surface area contributed by atoms with Gasteiger partial charge in [-0.25, -0.2) is 4.98 Å². The Morgan fingerprint density at radius 2 is 1.97 bits per heavy atom. The zero-order chi connectivity index (χ0) is 21.3. The SMILES string of the molecule is C[C@](O)(CN1CCc2nc(N3CCCCC3)ccc2C1)Cn1cc([N+](=O)[O-])nc1Cl. The molecule has 0 unspecified atom stereocenters. The number of β-amino-alcohol motifs (C(OH)–C–C–N with tert-alkyl or cyclic N) is 1.